The van der Waals surface area contributed by atoms with Crippen molar-refractivity contribution in [1.82, 2.24) is 24.7 Å². The van der Waals surface area contributed by atoms with Crippen molar-refractivity contribution in [3.8, 4) is 0 Å². The van der Waals surface area contributed by atoms with Gasteiger partial charge in [0.05, 0.1) is 0 Å². The first kappa shape index (κ1) is 12.2. The first-order valence-corrected chi connectivity index (χ1v) is 6.86. The summed E-state index contributed by atoms with van der Waals surface area (Å²) < 4.78 is 1.90. The Morgan fingerprint density at radius 3 is 2.65 bits per heavy atom. The van der Waals surface area contributed by atoms with Crippen LogP contribution in [0.5, 0.6) is 0 Å². The van der Waals surface area contributed by atoms with Crippen molar-refractivity contribution in [3.63, 3.8) is 0 Å². The highest BCUT2D eigenvalue weighted by Gasteiger charge is 2.09. The normalized spacial score (nSPS) is 10.8. The lowest BCUT2D eigenvalue weighted by Crippen LogP contribution is -1.97. The number of anilines is 1. The molecule has 8 heteroatoms. The first-order valence-electron chi connectivity index (χ1n) is 4.82. The van der Waals surface area contributed by atoms with Gasteiger partial charge in [-0.15, -0.1) is 10.2 Å². The van der Waals surface area contributed by atoms with Gasteiger partial charge in [0, 0.05) is 13.1 Å². The van der Waals surface area contributed by atoms with Gasteiger partial charge < -0.3 is 10.3 Å². The fourth-order valence-corrected chi connectivity index (χ4v) is 2.43. The van der Waals surface area contributed by atoms with E-state index < -0.39 is 0 Å². The summed E-state index contributed by atoms with van der Waals surface area (Å²) in [5.74, 6) is 1.32. The number of nitrogens with two attached hydrogens (primary N) is 1. The monoisotopic (exact) mass is 268 g/mol. The summed E-state index contributed by atoms with van der Waals surface area (Å²) in [6.07, 6.45) is 1.91. The van der Waals surface area contributed by atoms with Crippen LogP contribution < -0.4 is 5.73 Å². The molecule has 0 unspecified atom stereocenters. The van der Waals surface area contributed by atoms with E-state index in [1.807, 2.05) is 24.8 Å². The molecule has 0 bridgehead atoms. The second-order valence-corrected chi connectivity index (χ2v) is 5.07. The van der Waals surface area contributed by atoms with Crippen LogP contribution in [-0.2, 0) is 7.05 Å². The molecule has 0 saturated carbocycles. The summed E-state index contributed by atoms with van der Waals surface area (Å²) in [4.78, 5) is 8.45. The molecule has 2 heterocycles. The second-order valence-electron chi connectivity index (χ2n) is 3.31. The molecule has 0 radical (unpaired) electrons. The van der Waals surface area contributed by atoms with Gasteiger partial charge in [-0.3, -0.25) is 0 Å². The predicted molar refractivity (Wildman–Crippen MR) is 68.1 cm³/mol. The molecule has 2 aromatic rings. The van der Waals surface area contributed by atoms with E-state index in [4.69, 9.17) is 5.73 Å². The largest absolute Gasteiger partial charge is 0.384 e. The number of hydrogen-bond donors (Lipinski definition) is 1. The van der Waals surface area contributed by atoms with E-state index in [0.717, 1.165) is 16.0 Å². The Balaban J connectivity index is 2.29. The van der Waals surface area contributed by atoms with Crippen LogP contribution >= 0.6 is 23.5 Å². The Labute approximate surface area is 107 Å². The summed E-state index contributed by atoms with van der Waals surface area (Å²) >= 11 is 2.88. The fraction of sp³-hybridized carbons (Fsp3) is 0.333. The third-order valence-electron chi connectivity index (χ3n) is 2.13. The Morgan fingerprint density at radius 2 is 2.06 bits per heavy atom. The van der Waals surface area contributed by atoms with Gasteiger partial charge in [0.1, 0.15) is 16.7 Å². The lowest BCUT2D eigenvalue weighted by atomic mass is 10.6. The lowest BCUT2D eigenvalue weighted by molar-refractivity contribution is 0.763. The summed E-state index contributed by atoms with van der Waals surface area (Å²) in [6.45, 7) is 1.90. The molecular formula is C9H12N6S2. The molecule has 0 saturated heterocycles. The van der Waals surface area contributed by atoms with Crippen LogP contribution in [0.2, 0.25) is 0 Å². The van der Waals surface area contributed by atoms with E-state index in [1.54, 1.807) is 6.07 Å². The molecule has 2 rings (SSSR count). The third-order valence-corrected chi connectivity index (χ3v) is 3.64. The van der Waals surface area contributed by atoms with Crippen molar-refractivity contribution in [2.75, 3.05) is 12.0 Å². The van der Waals surface area contributed by atoms with Gasteiger partial charge in [-0.25, -0.2) is 9.97 Å². The third kappa shape index (κ3) is 2.70. The molecular weight excluding hydrogens is 256 g/mol. The van der Waals surface area contributed by atoms with Crippen LogP contribution in [0.25, 0.3) is 0 Å². The molecule has 6 nitrogen and oxygen atoms in total. The summed E-state index contributed by atoms with van der Waals surface area (Å²) in [7, 11) is 1.91. The van der Waals surface area contributed by atoms with Crippen LogP contribution in [0.15, 0.2) is 21.4 Å². The van der Waals surface area contributed by atoms with E-state index in [2.05, 4.69) is 20.2 Å². The van der Waals surface area contributed by atoms with E-state index in [9.17, 15) is 0 Å². The van der Waals surface area contributed by atoms with E-state index in [-0.39, 0.29) is 0 Å². The van der Waals surface area contributed by atoms with Gasteiger partial charge in [0.2, 0.25) is 0 Å². The molecule has 0 fully saturated rings. The molecule has 0 aromatic carbocycles. The summed E-state index contributed by atoms with van der Waals surface area (Å²) in [5.41, 5.74) is 5.71. The van der Waals surface area contributed by atoms with Crippen LogP contribution in [0, 0.1) is 6.92 Å². The van der Waals surface area contributed by atoms with Gasteiger partial charge in [-0.05, 0) is 24.9 Å². The molecule has 0 aliphatic carbocycles. The molecule has 0 aliphatic rings. The summed E-state index contributed by atoms with van der Waals surface area (Å²) in [6, 6.07) is 1.73. The van der Waals surface area contributed by atoms with Crippen molar-refractivity contribution < 1.29 is 0 Å². The van der Waals surface area contributed by atoms with Crippen molar-refractivity contribution >= 4 is 29.3 Å². The lowest BCUT2D eigenvalue weighted by Gasteiger charge is -2.03. The Kier molecular flexibility index (Phi) is 3.53. The minimum absolute atomic E-state index is 0.464. The Morgan fingerprint density at radius 1 is 1.29 bits per heavy atom. The summed E-state index contributed by atoms with van der Waals surface area (Å²) in [5, 5.41) is 10.3. The number of hydrogen-bond acceptors (Lipinski definition) is 7. The highest BCUT2D eigenvalue weighted by atomic mass is 32.2. The highest BCUT2D eigenvalue weighted by molar-refractivity contribution is 7.99. The van der Waals surface area contributed by atoms with E-state index in [0.29, 0.717) is 11.0 Å². The van der Waals surface area contributed by atoms with Crippen molar-refractivity contribution in [2.24, 2.45) is 7.05 Å². The van der Waals surface area contributed by atoms with Gasteiger partial charge in [0.25, 0.3) is 0 Å². The number of aryl methyl sites for hydroxylation is 1. The van der Waals surface area contributed by atoms with Crippen LogP contribution in [0.3, 0.4) is 0 Å². The average Bonchev–Trinajstić information content (AvgIpc) is 2.60. The van der Waals surface area contributed by atoms with Crippen molar-refractivity contribution in [1.29, 1.82) is 0 Å². The average molecular weight is 268 g/mol. The number of aromatic nitrogens is 5. The predicted octanol–water partition coefficient (Wildman–Crippen LogP) is 1.37. The molecule has 0 aliphatic heterocycles. The SMILES string of the molecule is CSc1nc(N)cc(Sc2nnc(C)n2C)n1. The van der Waals surface area contributed by atoms with Crippen molar-refractivity contribution in [3.05, 3.63) is 11.9 Å². The zero-order chi connectivity index (χ0) is 12.4. The van der Waals surface area contributed by atoms with E-state index in [1.165, 1.54) is 23.5 Å². The highest BCUT2D eigenvalue weighted by Crippen LogP contribution is 2.26. The number of nitrogens with zero attached hydrogens (tertiary/aromatic N) is 5. The molecule has 2 aromatic heterocycles. The van der Waals surface area contributed by atoms with Gasteiger partial charge in [0.15, 0.2) is 10.3 Å². The maximum absolute atomic E-state index is 5.71. The molecule has 2 N–H and O–H groups in total. The molecule has 0 spiro atoms. The smallest absolute Gasteiger partial charge is 0.197 e. The topological polar surface area (TPSA) is 82.5 Å². The van der Waals surface area contributed by atoms with Gasteiger partial charge >= 0.3 is 0 Å². The number of thioether (sulfide) groups is 1. The van der Waals surface area contributed by atoms with Crippen LogP contribution in [-0.4, -0.2) is 31.0 Å². The first-order chi connectivity index (χ1) is 8.10. The van der Waals surface area contributed by atoms with Crippen molar-refractivity contribution in [2.45, 2.75) is 22.3 Å². The zero-order valence-corrected chi connectivity index (χ0v) is 11.3. The minimum Gasteiger partial charge on any atom is -0.384 e. The molecule has 0 atom stereocenters. The quantitative estimate of drug-likeness (QED) is 0.511. The zero-order valence-electron chi connectivity index (χ0n) is 9.71. The molecule has 90 valence electrons. The molecule has 0 amide bonds. The number of nitrogen functional groups attached to an aromatic ring is 1. The maximum atomic E-state index is 5.71. The minimum atomic E-state index is 0.464. The maximum Gasteiger partial charge on any atom is 0.197 e. The number of rotatable bonds is 3. The standard InChI is InChI=1S/C9H12N6S2/c1-5-13-14-9(15(5)2)17-7-4-6(10)11-8(12-7)16-3/h4H,1-3H3,(H2,10,11,12). The van der Waals surface area contributed by atoms with Crippen LogP contribution in [0.4, 0.5) is 5.82 Å². The Bertz CT molecular complexity index is 538. The van der Waals surface area contributed by atoms with Crippen LogP contribution in [0.1, 0.15) is 5.82 Å². The van der Waals surface area contributed by atoms with Gasteiger partial charge in [-0.2, -0.15) is 0 Å². The second kappa shape index (κ2) is 4.92. The van der Waals surface area contributed by atoms with Gasteiger partial charge in [-0.1, -0.05) is 11.8 Å². The fourth-order valence-electron chi connectivity index (χ4n) is 1.13. The molecule has 17 heavy (non-hydrogen) atoms. The van der Waals surface area contributed by atoms with E-state index >= 15 is 0 Å². The Hall–Kier alpha value is -1.28.